The summed E-state index contributed by atoms with van der Waals surface area (Å²) in [6.07, 6.45) is 0. The number of nitrogens with one attached hydrogen (secondary N) is 1. The number of fused-ring (bicyclic) bond motifs is 3. The van der Waals surface area contributed by atoms with E-state index in [9.17, 15) is 9.18 Å². The van der Waals surface area contributed by atoms with Crippen molar-refractivity contribution in [1.82, 2.24) is 19.2 Å². The SMILES string of the molecule is CCn1c(=O)c2ccccc2n2c(CNc3ccc(F)cc3)nnc12. The highest BCUT2D eigenvalue weighted by Crippen LogP contribution is 2.16. The van der Waals surface area contributed by atoms with Crippen molar-refractivity contribution < 1.29 is 4.39 Å². The minimum Gasteiger partial charge on any atom is -0.378 e. The number of anilines is 1. The lowest BCUT2D eigenvalue weighted by Crippen LogP contribution is -2.22. The van der Waals surface area contributed by atoms with E-state index in [4.69, 9.17) is 0 Å². The van der Waals surface area contributed by atoms with Crippen LogP contribution in [-0.4, -0.2) is 19.2 Å². The lowest BCUT2D eigenvalue weighted by Gasteiger charge is -2.10. The third kappa shape index (κ3) is 2.53. The molecular formula is C18H16FN5O. The fourth-order valence-electron chi connectivity index (χ4n) is 2.96. The van der Waals surface area contributed by atoms with Gasteiger partial charge in [-0.05, 0) is 43.3 Å². The molecule has 1 N–H and O–H groups in total. The van der Waals surface area contributed by atoms with E-state index in [0.29, 0.717) is 30.1 Å². The lowest BCUT2D eigenvalue weighted by molar-refractivity contribution is 0.628. The quantitative estimate of drug-likeness (QED) is 0.622. The van der Waals surface area contributed by atoms with Gasteiger partial charge in [-0.15, -0.1) is 10.2 Å². The Morgan fingerprint density at radius 1 is 1.08 bits per heavy atom. The normalized spacial score (nSPS) is 11.3. The number of nitrogens with zero attached hydrogens (tertiary/aromatic N) is 4. The second-order valence-electron chi connectivity index (χ2n) is 5.68. The van der Waals surface area contributed by atoms with Gasteiger partial charge in [0.2, 0.25) is 5.78 Å². The van der Waals surface area contributed by atoms with E-state index >= 15 is 0 Å². The Labute approximate surface area is 142 Å². The van der Waals surface area contributed by atoms with Crippen molar-refractivity contribution in [3.8, 4) is 0 Å². The molecule has 0 saturated carbocycles. The summed E-state index contributed by atoms with van der Waals surface area (Å²) in [5.74, 6) is 0.913. The minimum atomic E-state index is -0.281. The van der Waals surface area contributed by atoms with Crippen molar-refractivity contribution in [3.05, 3.63) is 70.5 Å². The van der Waals surface area contributed by atoms with Crippen LogP contribution in [0.2, 0.25) is 0 Å². The van der Waals surface area contributed by atoms with E-state index in [1.54, 1.807) is 22.8 Å². The van der Waals surface area contributed by atoms with Crippen LogP contribution in [0.4, 0.5) is 10.1 Å². The third-order valence-corrected chi connectivity index (χ3v) is 4.19. The third-order valence-electron chi connectivity index (χ3n) is 4.19. The van der Waals surface area contributed by atoms with E-state index in [1.165, 1.54) is 12.1 Å². The predicted octanol–water partition coefficient (Wildman–Crippen LogP) is 2.82. The first-order valence-electron chi connectivity index (χ1n) is 8.04. The number of para-hydroxylation sites is 1. The van der Waals surface area contributed by atoms with Gasteiger partial charge in [0.05, 0.1) is 17.4 Å². The van der Waals surface area contributed by atoms with Gasteiger partial charge in [-0.3, -0.25) is 13.8 Å². The van der Waals surface area contributed by atoms with Crippen LogP contribution in [0.25, 0.3) is 16.7 Å². The molecule has 4 aromatic rings. The molecule has 25 heavy (non-hydrogen) atoms. The molecule has 0 unspecified atom stereocenters. The number of halogens is 1. The van der Waals surface area contributed by atoms with Gasteiger partial charge in [-0.25, -0.2) is 4.39 Å². The van der Waals surface area contributed by atoms with E-state index in [0.717, 1.165) is 11.2 Å². The molecule has 2 heterocycles. The molecule has 0 saturated heterocycles. The second kappa shape index (κ2) is 6.01. The van der Waals surface area contributed by atoms with Crippen LogP contribution < -0.4 is 10.9 Å². The molecule has 6 nitrogen and oxygen atoms in total. The molecule has 4 rings (SSSR count). The minimum absolute atomic E-state index is 0.0731. The zero-order valence-corrected chi connectivity index (χ0v) is 13.6. The number of hydrogen-bond acceptors (Lipinski definition) is 4. The lowest BCUT2D eigenvalue weighted by atomic mass is 10.2. The molecule has 2 aromatic heterocycles. The molecule has 0 aliphatic rings. The van der Waals surface area contributed by atoms with Crippen LogP contribution in [0, 0.1) is 5.82 Å². The van der Waals surface area contributed by atoms with Gasteiger partial charge in [-0.2, -0.15) is 0 Å². The molecule has 0 atom stereocenters. The molecule has 0 fully saturated rings. The molecule has 7 heteroatoms. The van der Waals surface area contributed by atoms with Gasteiger partial charge in [0, 0.05) is 12.2 Å². The molecule has 2 aromatic carbocycles. The highest BCUT2D eigenvalue weighted by atomic mass is 19.1. The standard InChI is InChI=1S/C18H16FN5O/c1-2-23-17(25)14-5-3-4-6-15(14)24-16(21-22-18(23)24)11-20-13-9-7-12(19)8-10-13/h3-10,20H,2,11H2,1H3. The van der Waals surface area contributed by atoms with Crippen molar-refractivity contribution in [2.24, 2.45) is 0 Å². The maximum Gasteiger partial charge on any atom is 0.262 e. The monoisotopic (exact) mass is 337 g/mol. The summed E-state index contributed by atoms with van der Waals surface area (Å²) in [5.41, 5.74) is 1.48. The molecule has 0 aliphatic heterocycles. The Kier molecular flexibility index (Phi) is 3.68. The first kappa shape index (κ1) is 15.3. The van der Waals surface area contributed by atoms with Crippen molar-refractivity contribution in [1.29, 1.82) is 0 Å². The van der Waals surface area contributed by atoms with Gasteiger partial charge >= 0.3 is 0 Å². The Hall–Kier alpha value is -3.22. The van der Waals surface area contributed by atoms with Crippen LogP contribution in [0.5, 0.6) is 0 Å². The first-order valence-corrected chi connectivity index (χ1v) is 8.04. The van der Waals surface area contributed by atoms with Gasteiger partial charge in [-0.1, -0.05) is 12.1 Å². The number of hydrogen-bond donors (Lipinski definition) is 1. The van der Waals surface area contributed by atoms with Gasteiger partial charge in [0.15, 0.2) is 5.82 Å². The van der Waals surface area contributed by atoms with Crippen LogP contribution >= 0.6 is 0 Å². The number of rotatable bonds is 4. The molecule has 0 amide bonds. The fraction of sp³-hybridized carbons (Fsp3) is 0.167. The Balaban J connectivity index is 1.84. The molecular weight excluding hydrogens is 321 g/mol. The van der Waals surface area contributed by atoms with Crippen LogP contribution in [0.1, 0.15) is 12.7 Å². The molecule has 0 aliphatic carbocycles. The Bertz CT molecular complexity index is 1110. The first-order chi connectivity index (χ1) is 12.2. The number of aromatic nitrogens is 4. The topological polar surface area (TPSA) is 64.2 Å². The molecule has 0 radical (unpaired) electrons. The highest BCUT2D eigenvalue weighted by molar-refractivity contribution is 5.80. The van der Waals surface area contributed by atoms with Crippen molar-refractivity contribution in [2.75, 3.05) is 5.32 Å². The largest absolute Gasteiger partial charge is 0.378 e. The zero-order chi connectivity index (χ0) is 17.4. The van der Waals surface area contributed by atoms with Gasteiger partial charge < -0.3 is 5.32 Å². The molecule has 0 bridgehead atoms. The van der Waals surface area contributed by atoms with E-state index < -0.39 is 0 Å². The van der Waals surface area contributed by atoms with Crippen molar-refractivity contribution in [3.63, 3.8) is 0 Å². The maximum atomic E-state index is 13.0. The highest BCUT2D eigenvalue weighted by Gasteiger charge is 2.15. The summed E-state index contributed by atoms with van der Waals surface area (Å²) >= 11 is 0. The summed E-state index contributed by atoms with van der Waals surface area (Å²) in [4.78, 5) is 12.6. The van der Waals surface area contributed by atoms with E-state index in [1.807, 2.05) is 29.5 Å². The van der Waals surface area contributed by atoms with Gasteiger partial charge in [0.1, 0.15) is 5.82 Å². The summed E-state index contributed by atoms with van der Waals surface area (Å²) in [6.45, 7) is 2.82. The Morgan fingerprint density at radius 2 is 1.84 bits per heavy atom. The van der Waals surface area contributed by atoms with E-state index in [2.05, 4.69) is 15.5 Å². The van der Waals surface area contributed by atoms with Crippen LogP contribution in [0.3, 0.4) is 0 Å². The average Bonchev–Trinajstić information content (AvgIpc) is 3.06. The second-order valence-corrected chi connectivity index (χ2v) is 5.68. The number of benzene rings is 2. The van der Waals surface area contributed by atoms with E-state index in [-0.39, 0.29) is 11.4 Å². The summed E-state index contributed by atoms with van der Waals surface area (Å²) < 4.78 is 16.5. The Morgan fingerprint density at radius 3 is 2.60 bits per heavy atom. The maximum absolute atomic E-state index is 13.0. The van der Waals surface area contributed by atoms with Crippen molar-refractivity contribution >= 4 is 22.4 Å². The summed E-state index contributed by atoms with van der Waals surface area (Å²) in [5, 5.41) is 12.3. The molecule has 0 spiro atoms. The fourth-order valence-corrected chi connectivity index (χ4v) is 2.96. The summed E-state index contributed by atoms with van der Waals surface area (Å²) in [6, 6.07) is 13.5. The van der Waals surface area contributed by atoms with Crippen LogP contribution in [-0.2, 0) is 13.1 Å². The van der Waals surface area contributed by atoms with Gasteiger partial charge in [0.25, 0.3) is 5.56 Å². The number of aryl methyl sites for hydroxylation is 1. The average molecular weight is 337 g/mol. The van der Waals surface area contributed by atoms with Crippen LogP contribution in [0.15, 0.2) is 53.3 Å². The smallest absolute Gasteiger partial charge is 0.262 e. The van der Waals surface area contributed by atoms with Crippen molar-refractivity contribution in [2.45, 2.75) is 20.0 Å². The summed E-state index contributed by atoms with van der Waals surface area (Å²) in [7, 11) is 0. The zero-order valence-electron chi connectivity index (χ0n) is 13.6. The predicted molar refractivity (Wildman–Crippen MR) is 94.2 cm³/mol. The molecule has 126 valence electrons.